The van der Waals surface area contributed by atoms with Crippen LogP contribution in [-0.2, 0) is 16.0 Å². The number of rotatable bonds is 7. The van der Waals surface area contributed by atoms with Gasteiger partial charge in [0.05, 0.1) is 12.0 Å². The van der Waals surface area contributed by atoms with Crippen LogP contribution < -0.4 is 10.1 Å². The summed E-state index contributed by atoms with van der Waals surface area (Å²) >= 11 is 6.54. The summed E-state index contributed by atoms with van der Waals surface area (Å²) in [5.74, 6) is 0.392. The quantitative estimate of drug-likeness (QED) is 0.506. The second-order valence-electron chi connectivity index (χ2n) is 6.71. The zero-order valence-corrected chi connectivity index (χ0v) is 18.3. The second kappa shape index (κ2) is 9.77. The van der Waals surface area contributed by atoms with E-state index >= 15 is 0 Å². The topological polar surface area (TPSA) is 78.9 Å². The molecule has 0 saturated carbocycles. The number of hydrogen-bond donors (Lipinski definition) is 2. The minimum absolute atomic E-state index is 0.202. The molecule has 6 nitrogen and oxygen atoms in total. The van der Waals surface area contributed by atoms with Gasteiger partial charge in [0.1, 0.15) is 21.9 Å². The summed E-state index contributed by atoms with van der Waals surface area (Å²) in [6.07, 6.45) is 2.38. The van der Waals surface area contributed by atoms with E-state index in [2.05, 4.69) is 5.32 Å². The third-order valence-corrected chi connectivity index (χ3v) is 5.98. The van der Waals surface area contributed by atoms with Gasteiger partial charge in [-0.15, -0.1) is 0 Å². The van der Waals surface area contributed by atoms with Crippen LogP contribution in [0, 0.1) is 0 Å². The van der Waals surface area contributed by atoms with Gasteiger partial charge in [-0.25, -0.2) is 0 Å². The van der Waals surface area contributed by atoms with Crippen molar-refractivity contribution >= 4 is 46.2 Å². The summed E-state index contributed by atoms with van der Waals surface area (Å²) < 4.78 is 5.50. The highest BCUT2D eigenvalue weighted by molar-refractivity contribution is 8.26. The van der Waals surface area contributed by atoms with Gasteiger partial charge in [0.2, 0.25) is 5.91 Å². The van der Waals surface area contributed by atoms with Crippen molar-refractivity contribution in [3.05, 3.63) is 64.6 Å². The minimum Gasteiger partial charge on any atom is -0.508 e. The number of thiocarbonyl (C=S) groups is 1. The van der Waals surface area contributed by atoms with Gasteiger partial charge in [0.15, 0.2) is 0 Å². The van der Waals surface area contributed by atoms with E-state index in [0.717, 1.165) is 16.9 Å². The zero-order valence-electron chi connectivity index (χ0n) is 16.6. The number of ether oxygens (including phenoxy) is 1. The number of aromatic hydroxyl groups is 1. The molecule has 8 heteroatoms. The largest absolute Gasteiger partial charge is 0.508 e. The highest BCUT2D eigenvalue weighted by atomic mass is 32.2. The number of carbonyl (C=O) groups excluding carboxylic acids is 2. The summed E-state index contributed by atoms with van der Waals surface area (Å²) in [5, 5.41) is 12.2. The smallest absolute Gasteiger partial charge is 0.266 e. The Morgan fingerprint density at radius 1 is 1.23 bits per heavy atom. The number of amides is 2. The molecule has 3 rings (SSSR count). The van der Waals surface area contributed by atoms with Crippen molar-refractivity contribution in [1.82, 2.24) is 10.2 Å². The molecule has 2 amide bonds. The van der Waals surface area contributed by atoms with E-state index in [1.165, 1.54) is 16.7 Å². The number of benzene rings is 2. The van der Waals surface area contributed by atoms with E-state index < -0.39 is 6.04 Å². The Morgan fingerprint density at radius 2 is 1.90 bits per heavy atom. The highest BCUT2D eigenvalue weighted by Gasteiger charge is 2.38. The molecule has 30 heavy (non-hydrogen) atoms. The summed E-state index contributed by atoms with van der Waals surface area (Å²) in [6.45, 7) is 2.08. The molecular weight excluding hydrogens is 420 g/mol. The molecule has 0 unspecified atom stereocenters. The van der Waals surface area contributed by atoms with Crippen molar-refractivity contribution in [2.45, 2.75) is 19.4 Å². The first-order valence-corrected chi connectivity index (χ1v) is 10.6. The lowest BCUT2D eigenvalue weighted by atomic mass is 10.1. The van der Waals surface area contributed by atoms with E-state index in [-0.39, 0.29) is 17.6 Å². The average molecular weight is 443 g/mol. The lowest BCUT2D eigenvalue weighted by Gasteiger charge is -2.22. The fourth-order valence-corrected chi connectivity index (χ4v) is 4.34. The maximum absolute atomic E-state index is 12.8. The monoisotopic (exact) mass is 442 g/mol. The number of nitrogens with zero attached hydrogens (tertiary/aromatic N) is 1. The van der Waals surface area contributed by atoms with Crippen molar-refractivity contribution in [2.75, 3.05) is 13.7 Å². The van der Waals surface area contributed by atoms with Crippen molar-refractivity contribution in [3.8, 4) is 11.5 Å². The molecule has 2 N–H and O–H groups in total. The number of hydrogen-bond acceptors (Lipinski definition) is 6. The van der Waals surface area contributed by atoms with Crippen LogP contribution in [0.4, 0.5) is 0 Å². The molecule has 1 heterocycles. The van der Waals surface area contributed by atoms with Crippen LogP contribution in [0.5, 0.6) is 11.5 Å². The predicted octanol–water partition coefficient (Wildman–Crippen LogP) is 3.35. The molecule has 2 aromatic carbocycles. The molecule has 0 bridgehead atoms. The molecule has 156 valence electrons. The molecule has 1 saturated heterocycles. The van der Waals surface area contributed by atoms with Gasteiger partial charge in [-0.1, -0.05) is 48.2 Å². The molecule has 0 spiro atoms. The van der Waals surface area contributed by atoms with Gasteiger partial charge >= 0.3 is 0 Å². The first-order chi connectivity index (χ1) is 14.4. The Balaban J connectivity index is 1.60. The molecule has 0 aromatic heterocycles. The van der Waals surface area contributed by atoms with Crippen LogP contribution in [-0.4, -0.2) is 45.8 Å². The fraction of sp³-hybridized carbons (Fsp3) is 0.227. The molecule has 1 fully saturated rings. The zero-order chi connectivity index (χ0) is 21.7. The van der Waals surface area contributed by atoms with Gasteiger partial charge in [-0.05, 0) is 54.8 Å². The Morgan fingerprint density at radius 3 is 2.53 bits per heavy atom. The lowest BCUT2D eigenvalue weighted by molar-refractivity contribution is -0.132. The third-order valence-electron chi connectivity index (χ3n) is 4.65. The van der Waals surface area contributed by atoms with Crippen LogP contribution in [0.3, 0.4) is 0 Å². The van der Waals surface area contributed by atoms with Gasteiger partial charge in [-0.3, -0.25) is 14.5 Å². The van der Waals surface area contributed by atoms with Crippen LogP contribution in [0.2, 0.25) is 0 Å². The molecule has 1 aliphatic rings. The SMILES string of the molecule is COc1ccc(/C=C2\SC(=S)N([C@@H](C)C(=O)NCCc3ccc(O)cc3)C2=O)cc1. The molecule has 0 aliphatic carbocycles. The van der Waals surface area contributed by atoms with E-state index in [9.17, 15) is 14.7 Å². The molecule has 1 atom stereocenters. The van der Waals surface area contributed by atoms with Gasteiger partial charge in [0.25, 0.3) is 5.91 Å². The Bertz CT molecular complexity index is 972. The molecule has 1 aliphatic heterocycles. The van der Waals surface area contributed by atoms with Crippen LogP contribution in [0.25, 0.3) is 6.08 Å². The average Bonchev–Trinajstić information content (AvgIpc) is 3.02. The van der Waals surface area contributed by atoms with E-state index in [4.69, 9.17) is 17.0 Å². The van der Waals surface area contributed by atoms with Crippen LogP contribution >= 0.6 is 24.0 Å². The van der Waals surface area contributed by atoms with Crippen LogP contribution in [0.15, 0.2) is 53.4 Å². The van der Waals surface area contributed by atoms with Crippen molar-refractivity contribution in [1.29, 1.82) is 0 Å². The highest BCUT2D eigenvalue weighted by Crippen LogP contribution is 2.34. The van der Waals surface area contributed by atoms with E-state index in [1.807, 2.05) is 24.3 Å². The standard InChI is InChI=1S/C22H22N2O4S2/c1-14(20(26)23-12-11-15-3-7-17(25)8-4-15)24-21(27)19(30-22(24)29)13-16-5-9-18(28-2)10-6-16/h3-10,13-14,25H,11-12H2,1-2H3,(H,23,26)/b19-13-/t14-/m0/s1. The van der Waals surface area contributed by atoms with Gasteiger partial charge in [-0.2, -0.15) is 0 Å². The van der Waals surface area contributed by atoms with E-state index in [1.54, 1.807) is 44.4 Å². The molecular formula is C22H22N2O4S2. The number of thioether (sulfide) groups is 1. The molecule has 2 aromatic rings. The number of carbonyl (C=O) groups is 2. The second-order valence-corrected chi connectivity index (χ2v) is 8.38. The first-order valence-electron chi connectivity index (χ1n) is 9.36. The summed E-state index contributed by atoms with van der Waals surface area (Å²) in [6, 6.07) is 13.4. The predicted molar refractivity (Wildman–Crippen MR) is 122 cm³/mol. The van der Waals surface area contributed by atoms with Crippen molar-refractivity contribution in [2.24, 2.45) is 0 Å². The maximum atomic E-state index is 12.8. The minimum atomic E-state index is -0.709. The summed E-state index contributed by atoms with van der Waals surface area (Å²) in [7, 11) is 1.59. The van der Waals surface area contributed by atoms with Crippen molar-refractivity contribution in [3.63, 3.8) is 0 Å². The Kier molecular flexibility index (Phi) is 7.12. The normalized spacial score (nSPS) is 16.1. The van der Waals surface area contributed by atoms with Crippen LogP contribution in [0.1, 0.15) is 18.1 Å². The number of nitrogens with one attached hydrogen (secondary N) is 1. The van der Waals surface area contributed by atoms with E-state index in [0.29, 0.717) is 22.2 Å². The summed E-state index contributed by atoms with van der Waals surface area (Å²) in [5.41, 5.74) is 1.84. The Labute approximate surface area is 184 Å². The van der Waals surface area contributed by atoms with Crippen molar-refractivity contribution < 1.29 is 19.4 Å². The third kappa shape index (κ3) is 5.20. The number of methoxy groups -OCH3 is 1. The Hall–Kier alpha value is -2.84. The fourth-order valence-electron chi connectivity index (χ4n) is 2.92. The van der Waals surface area contributed by atoms with Gasteiger partial charge < -0.3 is 15.2 Å². The molecule has 0 radical (unpaired) electrons. The number of phenolic OH excluding ortho intramolecular Hbond substituents is 1. The first kappa shape index (κ1) is 21.9. The lowest BCUT2D eigenvalue weighted by Crippen LogP contribution is -2.47. The van der Waals surface area contributed by atoms with Gasteiger partial charge in [0, 0.05) is 6.54 Å². The summed E-state index contributed by atoms with van der Waals surface area (Å²) in [4.78, 5) is 27.2. The maximum Gasteiger partial charge on any atom is 0.266 e. The number of phenols is 1.